The summed E-state index contributed by atoms with van der Waals surface area (Å²) < 4.78 is 0. The summed E-state index contributed by atoms with van der Waals surface area (Å²) in [5, 5.41) is 0. The molecular weight excluding hydrogens is 232 g/mol. The Bertz CT molecular complexity index is 548. The molecule has 0 aromatic rings. The van der Waals surface area contributed by atoms with E-state index in [0.717, 1.165) is 12.6 Å². The standard InChI is InChI=1S/C17H20N2/c1-18-15-8-9-16(18)12-13(11-15)17-7-4-6-14-5-2-3-10-19(14)17/h2-7,11,15-16H,8-10,12H2,1H3. The van der Waals surface area contributed by atoms with E-state index < -0.39 is 0 Å². The quantitative estimate of drug-likeness (QED) is 0.708. The Morgan fingerprint density at radius 1 is 1.16 bits per heavy atom. The second-order valence-electron chi connectivity index (χ2n) is 5.90. The van der Waals surface area contributed by atoms with E-state index in [1.165, 1.54) is 30.7 Å². The highest BCUT2D eigenvalue weighted by atomic mass is 15.2. The molecule has 4 heterocycles. The van der Waals surface area contributed by atoms with Gasteiger partial charge in [0.1, 0.15) is 0 Å². The smallest absolute Gasteiger partial charge is 0.0444 e. The van der Waals surface area contributed by atoms with Crippen LogP contribution in [0.1, 0.15) is 19.3 Å². The Morgan fingerprint density at radius 3 is 3.00 bits per heavy atom. The fraction of sp³-hybridized carbons (Fsp3) is 0.412. The van der Waals surface area contributed by atoms with Crippen LogP contribution in [0.2, 0.25) is 0 Å². The van der Waals surface area contributed by atoms with Gasteiger partial charge < -0.3 is 4.90 Å². The van der Waals surface area contributed by atoms with Gasteiger partial charge in [-0.15, -0.1) is 0 Å². The molecule has 2 heteroatoms. The third-order valence-corrected chi connectivity index (χ3v) is 4.89. The van der Waals surface area contributed by atoms with Crippen LogP contribution >= 0.6 is 0 Å². The van der Waals surface area contributed by atoms with Crippen LogP contribution < -0.4 is 0 Å². The monoisotopic (exact) mass is 252 g/mol. The van der Waals surface area contributed by atoms with Crippen molar-refractivity contribution in [1.82, 2.24) is 9.80 Å². The number of hydrogen-bond acceptors (Lipinski definition) is 2. The number of allylic oxidation sites excluding steroid dienone is 6. The third-order valence-electron chi connectivity index (χ3n) is 4.89. The molecule has 2 atom stereocenters. The van der Waals surface area contributed by atoms with Gasteiger partial charge in [0.2, 0.25) is 0 Å². The van der Waals surface area contributed by atoms with Crippen molar-refractivity contribution < 1.29 is 0 Å². The first kappa shape index (κ1) is 11.3. The van der Waals surface area contributed by atoms with Crippen LogP contribution in [0.25, 0.3) is 0 Å². The minimum atomic E-state index is 0.660. The van der Waals surface area contributed by atoms with Crippen molar-refractivity contribution in [1.29, 1.82) is 0 Å². The topological polar surface area (TPSA) is 6.48 Å². The summed E-state index contributed by atoms with van der Waals surface area (Å²) in [6, 6.07) is 1.41. The minimum absolute atomic E-state index is 0.660. The first-order valence-electron chi connectivity index (χ1n) is 7.28. The number of rotatable bonds is 1. The highest BCUT2D eigenvalue weighted by Crippen LogP contribution is 2.38. The van der Waals surface area contributed by atoms with E-state index >= 15 is 0 Å². The van der Waals surface area contributed by atoms with Gasteiger partial charge in [-0.1, -0.05) is 24.3 Å². The number of fused-ring (bicyclic) bond motifs is 3. The summed E-state index contributed by atoms with van der Waals surface area (Å²) in [7, 11) is 2.28. The summed E-state index contributed by atoms with van der Waals surface area (Å²) in [5.74, 6) is 0. The maximum absolute atomic E-state index is 2.55. The average Bonchev–Trinajstić information content (AvgIpc) is 2.67. The molecule has 4 rings (SSSR count). The third kappa shape index (κ3) is 1.74. The molecule has 0 aliphatic carbocycles. The predicted octanol–water partition coefficient (Wildman–Crippen LogP) is 2.99. The summed E-state index contributed by atoms with van der Waals surface area (Å²) in [4.78, 5) is 4.99. The lowest BCUT2D eigenvalue weighted by atomic mass is 9.95. The molecule has 98 valence electrons. The van der Waals surface area contributed by atoms with Gasteiger partial charge in [-0.25, -0.2) is 0 Å². The maximum atomic E-state index is 2.55. The van der Waals surface area contributed by atoms with Crippen molar-refractivity contribution in [3.8, 4) is 0 Å². The van der Waals surface area contributed by atoms with Gasteiger partial charge in [-0.3, -0.25) is 4.90 Å². The van der Waals surface area contributed by atoms with Crippen LogP contribution in [-0.2, 0) is 0 Å². The van der Waals surface area contributed by atoms with Crippen molar-refractivity contribution in [2.45, 2.75) is 31.3 Å². The number of hydrogen-bond donors (Lipinski definition) is 0. The fourth-order valence-corrected chi connectivity index (χ4v) is 3.75. The average molecular weight is 252 g/mol. The van der Waals surface area contributed by atoms with E-state index in [-0.39, 0.29) is 0 Å². The Labute approximate surface area is 115 Å². The molecule has 2 unspecified atom stereocenters. The van der Waals surface area contributed by atoms with Gasteiger partial charge in [0, 0.05) is 30.0 Å². The first-order valence-corrected chi connectivity index (χ1v) is 7.28. The highest BCUT2D eigenvalue weighted by molar-refractivity contribution is 5.46. The number of nitrogens with zero attached hydrogens (tertiary/aromatic N) is 2. The second kappa shape index (κ2) is 4.24. The molecule has 2 nitrogen and oxygen atoms in total. The first-order chi connectivity index (χ1) is 9.33. The predicted molar refractivity (Wildman–Crippen MR) is 78.4 cm³/mol. The molecule has 0 radical (unpaired) electrons. The van der Waals surface area contributed by atoms with Gasteiger partial charge in [0.05, 0.1) is 0 Å². The van der Waals surface area contributed by atoms with E-state index in [1.54, 1.807) is 5.57 Å². The lowest BCUT2D eigenvalue weighted by Gasteiger charge is -2.37. The molecule has 0 amide bonds. The molecule has 19 heavy (non-hydrogen) atoms. The Hall–Kier alpha value is -1.54. The summed E-state index contributed by atoms with van der Waals surface area (Å²) >= 11 is 0. The normalized spacial score (nSPS) is 32.9. The van der Waals surface area contributed by atoms with E-state index in [2.05, 4.69) is 59.4 Å². The van der Waals surface area contributed by atoms with Crippen molar-refractivity contribution in [3.05, 3.63) is 59.5 Å². The molecule has 0 aromatic carbocycles. The van der Waals surface area contributed by atoms with E-state index in [9.17, 15) is 0 Å². The molecule has 0 N–H and O–H groups in total. The molecule has 4 aliphatic heterocycles. The van der Waals surface area contributed by atoms with Crippen LogP contribution in [-0.4, -0.2) is 35.5 Å². The Kier molecular flexibility index (Phi) is 2.52. The van der Waals surface area contributed by atoms with E-state index in [0.29, 0.717) is 6.04 Å². The molecule has 2 bridgehead atoms. The van der Waals surface area contributed by atoms with Crippen molar-refractivity contribution in [3.63, 3.8) is 0 Å². The zero-order valence-electron chi connectivity index (χ0n) is 11.4. The lowest BCUT2D eigenvalue weighted by molar-refractivity contribution is 0.253. The van der Waals surface area contributed by atoms with Gasteiger partial charge in [0.25, 0.3) is 0 Å². The largest absolute Gasteiger partial charge is 0.337 e. The SMILES string of the molecule is CN1C2C=C(C3=CC=CC4=CC=CCN43)CC1CC2. The van der Waals surface area contributed by atoms with E-state index in [4.69, 9.17) is 0 Å². The summed E-state index contributed by atoms with van der Waals surface area (Å²) in [6.07, 6.45) is 19.7. The second-order valence-corrected chi connectivity index (χ2v) is 5.90. The summed E-state index contributed by atoms with van der Waals surface area (Å²) in [5.41, 5.74) is 4.30. The van der Waals surface area contributed by atoms with Crippen molar-refractivity contribution in [2.24, 2.45) is 0 Å². The molecule has 0 spiro atoms. The van der Waals surface area contributed by atoms with Crippen molar-refractivity contribution in [2.75, 3.05) is 13.6 Å². The van der Waals surface area contributed by atoms with Crippen LogP contribution in [0.3, 0.4) is 0 Å². The highest BCUT2D eigenvalue weighted by Gasteiger charge is 2.35. The maximum Gasteiger partial charge on any atom is 0.0444 e. The van der Waals surface area contributed by atoms with Gasteiger partial charge in [0.15, 0.2) is 0 Å². The zero-order valence-corrected chi connectivity index (χ0v) is 11.4. The molecule has 0 saturated carbocycles. The van der Waals surface area contributed by atoms with Crippen LogP contribution in [0.4, 0.5) is 0 Å². The van der Waals surface area contributed by atoms with E-state index in [1.807, 2.05) is 0 Å². The lowest BCUT2D eigenvalue weighted by Crippen LogP contribution is -2.37. The van der Waals surface area contributed by atoms with Gasteiger partial charge >= 0.3 is 0 Å². The zero-order chi connectivity index (χ0) is 12.8. The van der Waals surface area contributed by atoms with Crippen molar-refractivity contribution >= 4 is 0 Å². The molecule has 4 aliphatic rings. The van der Waals surface area contributed by atoms with Gasteiger partial charge in [-0.2, -0.15) is 0 Å². The minimum Gasteiger partial charge on any atom is -0.337 e. The van der Waals surface area contributed by atoms with Gasteiger partial charge in [-0.05, 0) is 50.1 Å². The molecular formula is C17H20N2. The molecule has 1 saturated heterocycles. The molecule has 0 aromatic heterocycles. The van der Waals surface area contributed by atoms with Crippen LogP contribution in [0.15, 0.2) is 59.5 Å². The Morgan fingerprint density at radius 2 is 2.11 bits per heavy atom. The van der Waals surface area contributed by atoms with Crippen LogP contribution in [0, 0.1) is 0 Å². The Balaban J connectivity index is 1.68. The summed E-state index contributed by atoms with van der Waals surface area (Å²) in [6.45, 7) is 1.00. The van der Waals surface area contributed by atoms with Crippen LogP contribution in [0.5, 0.6) is 0 Å². The number of likely N-dealkylation sites (N-methyl/N-ethyl adjacent to an activating group) is 1. The fourth-order valence-electron chi connectivity index (χ4n) is 3.75. The molecule has 1 fully saturated rings.